The van der Waals surface area contributed by atoms with Crippen LogP contribution in [0, 0.1) is 12.3 Å². The molecular weight excluding hydrogens is 344 g/mol. The summed E-state index contributed by atoms with van der Waals surface area (Å²) in [5.74, 6) is 2.14. The number of carbonyl (C=O) groups excluding carboxylic acids is 1. The van der Waals surface area contributed by atoms with Gasteiger partial charge in [-0.1, -0.05) is 24.4 Å². The molecule has 0 bridgehead atoms. The van der Waals surface area contributed by atoms with Crippen LogP contribution in [-0.2, 0) is 0 Å². The van der Waals surface area contributed by atoms with E-state index in [-0.39, 0.29) is 10.7 Å². The first kappa shape index (κ1) is 14.8. The molecule has 0 aliphatic rings. The number of terminal acetylenes is 1. The van der Waals surface area contributed by atoms with Crippen LogP contribution in [0.2, 0.25) is 5.02 Å². The normalized spacial score (nSPS) is 13.8. The van der Waals surface area contributed by atoms with Crippen molar-refractivity contribution in [3.63, 3.8) is 0 Å². The third-order valence-corrected chi connectivity index (χ3v) is 3.77. The Morgan fingerprint density at radius 1 is 1.70 bits per heavy atom. The summed E-state index contributed by atoms with van der Waals surface area (Å²) >= 11 is 9.43. The van der Waals surface area contributed by atoms with E-state index >= 15 is 0 Å². The number of aromatic nitrogens is 3. The van der Waals surface area contributed by atoms with Gasteiger partial charge < -0.3 is 5.32 Å². The van der Waals surface area contributed by atoms with Crippen LogP contribution in [0.4, 0.5) is 0 Å². The van der Waals surface area contributed by atoms with Gasteiger partial charge in [0.25, 0.3) is 5.91 Å². The predicted octanol–water partition coefficient (Wildman–Crippen LogP) is 2.68. The Bertz CT molecular complexity index is 721. The van der Waals surface area contributed by atoms with Gasteiger partial charge >= 0.3 is 0 Å². The number of hydrogen-bond donors (Lipinski definition) is 1. The molecule has 5 nitrogen and oxygen atoms in total. The van der Waals surface area contributed by atoms with Crippen LogP contribution in [-0.4, -0.2) is 26.0 Å². The molecule has 2 aromatic heterocycles. The average Bonchev–Trinajstić information content (AvgIpc) is 2.75. The summed E-state index contributed by atoms with van der Waals surface area (Å²) in [6, 6.07) is 0. The number of amides is 1. The SMILES string of the molecule is C#CC(C)(CC)NC(=O)c1nn2cc(Br)cnc2c1Cl. The molecule has 2 rings (SSSR count). The van der Waals surface area contributed by atoms with Crippen LogP contribution in [0.1, 0.15) is 30.8 Å². The largest absolute Gasteiger partial charge is 0.335 e. The molecule has 7 heteroatoms. The predicted molar refractivity (Wildman–Crippen MR) is 80.7 cm³/mol. The molecule has 0 spiro atoms. The highest BCUT2D eigenvalue weighted by Crippen LogP contribution is 2.22. The molecule has 1 atom stereocenters. The van der Waals surface area contributed by atoms with Crippen molar-refractivity contribution in [1.82, 2.24) is 19.9 Å². The fraction of sp³-hybridized carbons (Fsp3) is 0.308. The van der Waals surface area contributed by atoms with Crippen LogP contribution < -0.4 is 5.32 Å². The number of nitrogens with one attached hydrogen (secondary N) is 1. The van der Waals surface area contributed by atoms with Crippen molar-refractivity contribution in [2.24, 2.45) is 0 Å². The number of rotatable bonds is 3. The zero-order valence-corrected chi connectivity index (χ0v) is 13.3. The molecule has 1 N–H and O–H groups in total. The molecule has 2 heterocycles. The van der Waals surface area contributed by atoms with Gasteiger partial charge in [0.05, 0.1) is 10.0 Å². The van der Waals surface area contributed by atoms with E-state index in [1.54, 1.807) is 19.3 Å². The fourth-order valence-electron chi connectivity index (χ4n) is 1.57. The van der Waals surface area contributed by atoms with Gasteiger partial charge in [0, 0.05) is 12.4 Å². The van der Waals surface area contributed by atoms with Gasteiger partial charge in [-0.15, -0.1) is 6.42 Å². The summed E-state index contributed by atoms with van der Waals surface area (Å²) in [4.78, 5) is 16.4. The van der Waals surface area contributed by atoms with E-state index in [0.717, 1.165) is 4.47 Å². The molecule has 2 aromatic rings. The van der Waals surface area contributed by atoms with Crippen molar-refractivity contribution in [2.45, 2.75) is 25.8 Å². The van der Waals surface area contributed by atoms with Crippen molar-refractivity contribution in [3.8, 4) is 12.3 Å². The highest BCUT2D eigenvalue weighted by molar-refractivity contribution is 9.10. The molecule has 0 saturated carbocycles. The molecule has 0 aliphatic carbocycles. The molecule has 1 amide bonds. The maximum atomic E-state index is 12.2. The lowest BCUT2D eigenvalue weighted by atomic mass is 10.0. The minimum absolute atomic E-state index is 0.104. The standard InChI is InChI=1S/C13H12BrClN4O/c1-4-13(3,5-2)17-12(20)10-9(15)11-16-6-8(14)7-19(11)18-10/h1,6-7H,5H2,2-3H3,(H,17,20). The summed E-state index contributed by atoms with van der Waals surface area (Å²) < 4.78 is 2.18. The number of fused-ring (bicyclic) bond motifs is 1. The number of nitrogens with zero attached hydrogens (tertiary/aromatic N) is 3. The van der Waals surface area contributed by atoms with Crippen molar-refractivity contribution >= 4 is 39.1 Å². The Morgan fingerprint density at radius 2 is 2.40 bits per heavy atom. The number of halogens is 2. The maximum absolute atomic E-state index is 12.2. The third-order valence-electron chi connectivity index (χ3n) is 3.01. The maximum Gasteiger partial charge on any atom is 0.274 e. The molecule has 1 unspecified atom stereocenters. The Balaban J connectivity index is 2.41. The highest BCUT2D eigenvalue weighted by Gasteiger charge is 2.26. The van der Waals surface area contributed by atoms with E-state index in [9.17, 15) is 4.79 Å². The van der Waals surface area contributed by atoms with Gasteiger partial charge in [-0.05, 0) is 29.3 Å². The van der Waals surface area contributed by atoms with Gasteiger partial charge in [0.15, 0.2) is 11.3 Å². The molecule has 20 heavy (non-hydrogen) atoms. The minimum Gasteiger partial charge on any atom is -0.335 e. The first-order valence-corrected chi connectivity index (χ1v) is 7.07. The van der Waals surface area contributed by atoms with Gasteiger partial charge in [-0.3, -0.25) is 4.79 Å². The van der Waals surface area contributed by atoms with E-state index in [2.05, 4.69) is 37.2 Å². The summed E-state index contributed by atoms with van der Waals surface area (Å²) in [6.07, 6.45) is 9.29. The quantitative estimate of drug-likeness (QED) is 0.861. The highest BCUT2D eigenvalue weighted by atomic mass is 79.9. The second kappa shape index (κ2) is 5.43. The van der Waals surface area contributed by atoms with Gasteiger partial charge in [-0.25, -0.2) is 9.50 Å². The van der Waals surface area contributed by atoms with Crippen LogP contribution in [0.5, 0.6) is 0 Å². The molecule has 0 saturated heterocycles. The average molecular weight is 356 g/mol. The van der Waals surface area contributed by atoms with Crippen molar-refractivity contribution in [1.29, 1.82) is 0 Å². The Hall–Kier alpha value is -1.58. The molecule has 0 aliphatic heterocycles. The smallest absolute Gasteiger partial charge is 0.274 e. The van der Waals surface area contributed by atoms with Crippen molar-refractivity contribution < 1.29 is 4.79 Å². The lowest BCUT2D eigenvalue weighted by Gasteiger charge is -2.22. The lowest BCUT2D eigenvalue weighted by molar-refractivity contribution is 0.0918. The lowest BCUT2D eigenvalue weighted by Crippen LogP contribution is -2.44. The summed E-state index contributed by atoms with van der Waals surface area (Å²) in [7, 11) is 0. The van der Waals surface area contributed by atoms with E-state index in [1.807, 2.05) is 6.92 Å². The van der Waals surface area contributed by atoms with E-state index in [4.69, 9.17) is 18.0 Å². The van der Waals surface area contributed by atoms with E-state index in [1.165, 1.54) is 4.52 Å². The molecule has 104 valence electrons. The van der Waals surface area contributed by atoms with Gasteiger partial charge in [0.2, 0.25) is 0 Å². The monoisotopic (exact) mass is 354 g/mol. The molecule has 0 radical (unpaired) electrons. The zero-order valence-electron chi connectivity index (χ0n) is 10.9. The zero-order chi connectivity index (χ0) is 14.9. The summed E-state index contributed by atoms with van der Waals surface area (Å²) in [6.45, 7) is 3.66. The third kappa shape index (κ3) is 2.65. The Kier molecular flexibility index (Phi) is 4.02. The van der Waals surface area contributed by atoms with Gasteiger partial charge in [0.1, 0.15) is 5.02 Å². The molecule has 0 aromatic carbocycles. The summed E-state index contributed by atoms with van der Waals surface area (Å²) in [5.41, 5.74) is -0.212. The van der Waals surface area contributed by atoms with Crippen molar-refractivity contribution in [2.75, 3.05) is 0 Å². The van der Waals surface area contributed by atoms with E-state index < -0.39 is 11.4 Å². The van der Waals surface area contributed by atoms with Crippen LogP contribution in [0.15, 0.2) is 16.9 Å². The van der Waals surface area contributed by atoms with Crippen molar-refractivity contribution in [3.05, 3.63) is 27.6 Å². The molecular formula is C13H12BrClN4O. The Labute approximate surface area is 129 Å². The first-order chi connectivity index (χ1) is 9.40. The van der Waals surface area contributed by atoms with Crippen LogP contribution in [0.25, 0.3) is 5.65 Å². The second-order valence-corrected chi connectivity index (χ2v) is 5.78. The summed E-state index contributed by atoms with van der Waals surface area (Å²) in [5, 5.41) is 7.09. The molecule has 0 fully saturated rings. The Morgan fingerprint density at radius 3 is 3.00 bits per heavy atom. The minimum atomic E-state index is -0.732. The number of carbonyl (C=O) groups is 1. The second-order valence-electron chi connectivity index (χ2n) is 4.49. The van der Waals surface area contributed by atoms with E-state index in [0.29, 0.717) is 12.1 Å². The number of hydrogen-bond acceptors (Lipinski definition) is 3. The fourth-order valence-corrected chi connectivity index (χ4v) is 2.12. The van der Waals surface area contributed by atoms with Crippen LogP contribution in [0.3, 0.4) is 0 Å². The first-order valence-electron chi connectivity index (χ1n) is 5.90. The van der Waals surface area contributed by atoms with Gasteiger partial charge in [-0.2, -0.15) is 5.10 Å². The topological polar surface area (TPSA) is 59.3 Å². The van der Waals surface area contributed by atoms with Crippen LogP contribution >= 0.6 is 27.5 Å².